The maximum absolute atomic E-state index is 13.3. The van der Waals surface area contributed by atoms with Crippen LogP contribution in [0.3, 0.4) is 0 Å². The number of hydrogen-bond donors (Lipinski definition) is 3. The summed E-state index contributed by atoms with van der Waals surface area (Å²) < 4.78 is 46.0. The molecule has 2 aliphatic carbocycles. The molecule has 0 radical (unpaired) electrons. The summed E-state index contributed by atoms with van der Waals surface area (Å²) in [5.41, 5.74) is 0.874. The molecule has 37 heavy (non-hydrogen) atoms. The summed E-state index contributed by atoms with van der Waals surface area (Å²) in [4.78, 5) is 23.5. The van der Waals surface area contributed by atoms with E-state index in [-0.39, 0.29) is 34.4 Å². The zero-order chi connectivity index (χ0) is 25.7. The number of hydrogen-bond acceptors (Lipinski definition) is 5. The van der Waals surface area contributed by atoms with Crippen LogP contribution in [0.25, 0.3) is 11.0 Å². The summed E-state index contributed by atoms with van der Waals surface area (Å²) in [5, 5.41) is 13.0. The predicted molar refractivity (Wildman–Crippen MR) is 128 cm³/mol. The van der Waals surface area contributed by atoms with Crippen molar-refractivity contribution in [3.63, 3.8) is 0 Å². The number of alkyl halides is 3. The van der Waals surface area contributed by atoms with Gasteiger partial charge in [0.2, 0.25) is 5.91 Å². The summed E-state index contributed by atoms with van der Waals surface area (Å²) in [6.45, 7) is 0. The van der Waals surface area contributed by atoms with Crippen LogP contribution in [0.5, 0.6) is 17.2 Å². The fourth-order valence-corrected chi connectivity index (χ4v) is 5.88. The number of phenols is 1. The molecular weight excluding hydrogens is 509 g/mol. The molecule has 2 fully saturated rings. The number of aromatic amines is 1. The molecule has 7 nitrogen and oxygen atoms in total. The van der Waals surface area contributed by atoms with E-state index in [1.807, 2.05) is 0 Å². The zero-order valence-corrected chi connectivity index (χ0v) is 19.7. The van der Waals surface area contributed by atoms with Crippen molar-refractivity contribution in [1.82, 2.24) is 15.0 Å². The Morgan fingerprint density at radius 1 is 1.16 bits per heavy atom. The van der Waals surface area contributed by atoms with Crippen LogP contribution >= 0.6 is 11.6 Å². The number of nitrogens with zero attached hydrogens (tertiary/aromatic N) is 2. The lowest BCUT2D eigenvalue weighted by Crippen LogP contribution is -2.20. The topological polar surface area (TPSA) is 100 Å². The molecule has 3 atom stereocenters. The second kappa shape index (κ2) is 7.38. The molecule has 0 spiro atoms. The van der Waals surface area contributed by atoms with Crippen LogP contribution in [0.15, 0.2) is 42.6 Å². The average molecular weight is 527 g/mol. The van der Waals surface area contributed by atoms with Gasteiger partial charge in [-0.3, -0.25) is 4.79 Å². The molecule has 3 N–H and O–H groups in total. The number of amides is 1. The first kappa shape index (κ1) is 22.4. The first-order chi connectivity index (χ1) is 17.6. The number of halogens is 4. The summed E-state index contributed by atoms with van der Waals surface area (Å²) in [6, 6.07) is 8.96. The SMILES string of the molecule is O=C1CCc2c(Oc3ccc(O)c([C@@H]4[C@@H]5C[C@@]45c4nc5cc(Cl)c(C(F)(F)F)cc5[nH]4)c3)ccnc2N1. The first-order valence-corrected chi connectivity index (χ1v) is 12.1. The Labute approximate surface area is 212 Å². The molecule has 1 amide bonds. The number of fused-ring (bicyclic) bond motifs is 3. The summed E-state index contributed by atoms with van der Waals surface area (Å²) in [6.07, 6.45) is -1.33. The van der Waals surface area contributed by atoms with Crippen LogP contribution < -0.4 is 10.1 Å². The van der Waals surface area contributed by atoms with Gasteiger partial charge in [0.25, 0.3) is 0 Å². The Kier molecular flexibility index (Phi) is 4.47. The highest BCUT2D eigenvalue weighted by Gasteiger charge is 2.81. The number of nitrogens with one attached hydrogen (secondary N) is 2. The molecule has 0 bridgehead atoms. The number of phenolic OH excluding ortho intramolecular Hbond substituents is 1. The van der Waals surface area contributed by atoms with Gasteiger partial charge >= 0.3 is 6.18 Å². The smallest absolute Gasteiger partial charge is 0.417 e. The van der Waals surface area contributed by atoms with Gasteiger partial charge < -0.3 is 20.1 Å². The number of carbonyl (C=O) groups excluding carboxylic acids is 1. The highest BCUT2D eigenvalue weighted by Crippen LogP contribution is 2.84. The number of benzene rings is 2. The van der Waals surface area contributed by atoms with Crippen molar-refractivity contribution in [2.75, 3.05) is 5.32 Å². The van der Waals surface area contributed by atoms with Crippen molar-refractivity contribution in [3.05, 3.63) is 70.1 Å². The molecule has 188 valence electrons. The van der Waals surface area contributed by atoms with Gasteiger partial charge in [-0.05, 0) is 55.2 Å². The van der Waals surface area contributed by atoms with E-state index in [0.29, 0.717) is 47.1 Å². The molecule has 2 saturated carbocycles. The van der Waals surface area contributed by atoms with Crippen molar-refractivity contribution < 1.29 is 27.8 Å². The van der Waals surface area contributed by atoms with Gasteiger partial charge in [-0.2, -0.15) is 13.2 Å². The maximum atomic E-state index is 13.3. The highest BCUT2D eigenvalue weighted by atomic mass is 35.5. The predicted octanol–water partition coefficient (Wildman–Crippen LogP) is 6.07. The molecule has 11 heteroatoms. The molecule has 0 unspecified atom stereocenters. The third-order valence-electron chi connectivity index (χ3n) is 7.66. The van der Waals surface area contributed by atoms with Crippen molar-refractivity contribution in [2.24, 2.45) is 5.92 Å². The number of aromatic hydroxyl groups is 1. The van der Waals surface area contributed by atoms with Crippen molar-refractivity contribution >= 4 is 34.4 Å². The Morgan fingerprint density at radius 2 is 2.00 bits per heavy atom. The van der Waals surface area contributed by atoms with E-state index in [1.165, 1.54) is 6.07 Å². The number of ether oxygens (including phenoxy) is 1. The maximum Gasteiger partial charge on any atom is 0.417 e. The lowest BCUT2D eigenvalue weighted by Gasteiger charge is -2.19. The van der Waals surface area contributed by atoms with Gasteiger partial charge in [0.15, 0.2) is 0 Å². The van der Waals surface area contributed by atoms with Crippen LogP contribution in [0.4, 0.5) is 19.0 Å². The van der Waals surface area contributed by atoms with Gasteiger partial charge in [0.1, 0.15) is 28.9 Å². The van der Waals surface area contributed by atoms with E-state index in [2.05, 4.69) is 20.3 Å². The fraction of sp³-hybridized carbons (Fsp3) is 0.269. The number of anilines is 1. The summed E-state index contributed by atoms with van der Waals surface area (Å²) in [7, 11) is 0. The zero-order valence-electron chi connectivity index (χ0n) is 19.0. The fourth-order valence-electron chi connectivity index (χ4n) is 5.62. The minimum absolute atomic E-state index is 0.0418. The Balaban J connectivity index is 1.19. The van der Waals surface area contributed by atoms with Crippen LogP contribution in [-0.2, 0) is 22.8 Å². The van der Waals surface area contributed by atoms with Crippen molar-refractivity contribution in [3.8, 4) is 17.2 Å². The Hall–Kier alpha value is -3.79. The molecule has 2 aromatic heterocycles. The van der Waals surface area contributed by atoms with Crippen LogP contribution in [0, 0.1) is 5.92 Å². The third-order valence-corrected chi connectivity index (χ3v) is 7.97. The molecular formula is C26H18ClF3N4O3. The quantitative estimate of drug-likeness (QED) is 0.300. The number of rotatable bonds is 4. The standard InChI is InChI=1S/C26H18ClF3N4O3/c27-16-9-18-17(8-14(16)26(28,29)30)32-24(33-18)25-10-15(25)22(25)13-7-11(1-3-19(13)35)37-20-5-6-31-23-12(20)2-4-21(36)34-23/h1,3,5-9,15,22,35H,2,4,10H2,(H,32,33)(H,31,34,36)/t15-,22+,25-/m0/s1. The summed E-state index contributed by atoms with van der Waals surface area (Å²) in [5.74, 6) is 2.37. The number of carbonyl (C=O) groups is 1. The second-order valence-corrected chi connectivity index (χ2v) is 10.2. The third kappa shape index (κ3) is 3.38. The summed E-state index contributed by atoms with van der Waals surface area (Å²) >= 11 is 5.87. The minimum atomic E-state index is -4.56. The first-order valence-electron chi connectivity index (χ1n) is 11.7. The normalized spacial score (nSPS) is 23.8. The van der Waals surface area contributed by atoms with Gasteiger partial charge in [-0.15, -0.1) is 0 Å². The largest absolute Gasteiger partial charge is 0.508 e. The van der Waals surface area contributed by atoms with Crippen LogP contribution in [0.1, 0.15) is 41.3 Å². The molecule has 3 heterocycles. The van der Waals surface area contributed by atoms with Gasteiger partial charge in [0, 0.05) is 35.1 Å². The van der Waals surface area contributed by atoms with Gasteiger partial charge in [0.05, 0.1) is 21.6 Å². The second-order valence-electron chi connectivity index (χ2n) is 9.77. The van der Waals surface area contributed by atoms with E-state index >= 15 is 0 Å². The molecule has 3 aliphatic rings. The number of pyridine rings is 1. The number of imidazole rings is 1. The average Bonchev–Trinajstić information content (AvgIpc) is 3.67. The van der Waals surface area contributed by atoms with E-state index in [4.69, 9.17) is 16.3 Å². The van der Waals surface area contributed by atoms with E-state index in [9.17, 15) is 23.1 Å². The molecule has 0 saturated heterocycles. The Bertz CT molecular complexity index is 1640. The minimum Gasteiger partial charge on any atom is -0.508 e. The molecule has 4 aromatic rings. The monoisotopic (exact) mass is 526 g/mol. The lowest BCUT2D eigenvalue weighted by atomic mass is 9.95. The van der Waals surface area contributed by atoms with Crippen LogP contribution in [0.2, 0.25) is 5.02 Å². The highest BCUT2D eigenvalue weighted by molar-refractivity contribution is 6.32. The van der Waals surface area contributed by atoms with E-state index in [1.54, 1.807) is 30.5 Å². The molecule has 1 aliphatic heterocycles. The van der Waals surface area contributed by atoms with Gasteiger partial charge in [-0.25, -0.2) is 9.97 Å². The Morgan fingerprint density at radius 3 is 2.78 bits per heavy atom. The van der Waals surface area contributed by atoms with Crippen LogP contribution in [-0.4, -0.2) is 26.0 Å². The van der Waals surface area contributed by atoms with Gasteiger partial charge in [-0.1, -0.05) is 11.6 Å². The van der Waals surface area contributed by atoms with Crippen molar-refractivity contribution in [2.45, 2.75) is 36.8 Å². The van der Waals surface area contributed by atoms with E-state index < -0.39 is 16.8 Å². The lowest BCUT2D eigenvalue weighted by molar-refractivity contribution is -0.137. The number of aromatic nitrogens is 3. The number of H-pyrrole nitrogens is 1. The van der Waals surface area contributed by atoms with Crippen molar-refractivity contribution in [1.29, 1.82) is 0 Å². The molecule has 2 aromatic carbocycles. The molecule has 7 rings (SSSR count). The van der Waals surface area contributed by atoms with E-state index in [0.717, 1.165) is 18.1 Å².